The summed E-state index contributed by atoms with van der Waals surface area (Å²) >= 11 is 0. The van der Waals surface area contributed by atoms with Gasteiger partial charge in [-0.1, -0.05) is 19.0 Å². The van der Waals surface area contributed by atoms with Gasteiger partial charge in [0.25, 0.3) is 0 Å². The Hall–Kier alpha value is -0.830. The molecule has 1 saturated carbocycles. The Kier molecular flexibility index (Phi) is 3.33. The number of hydrogen-bond donors (Lipinski definition) is 0. The fourth-order valence-electron chi connectivity index (χ4n) is 2.07. The summed E-state index contributed by atoms with van der Waals surface area (Å²) in [6, 6.07) is 3.43. The summed E-state index contributed by atoms with van der Waals surface area (Å²) in [7, 11) is 0. The van der Waals surface area contributed by atoms with Gasteiger partial charge in [-0.25, -0.2) is 0 Å². The van der Waals surface area contributed by atoms with Crippen LogP contribution in [0.25, 0.3) is 0 Å². The van der Waals surface area contributed by atoms with E-state index in [-0.39, 0.29) is 0 Å². The molecule has 1 aliphatic rings. The first-order valence-corrected chi connectivity index (χ1v) is 6.26. The van der Waals surface area contributed by atoms with Gasteiger partial charge in [0.2, 0.25) is 0 Å². The molecule has 0 unspecified atom stereocenters. The molecule has 0 saturated heterocycles. The van der Waals surface area contributed by atoms with Crippen molar-refractivity contribution in [3.63, 3.8) is 0 Å². The predicted octanol–water partition coefficient (Wildman–Crippen LogP) is 2.99. The van der Waals surface area contributed by atoms with Crippen LogP contribution in [0, 0.1) is 12.8 Å². The maximum atomic E-state index is 5.13. The normalized spacial score (nSPS) is 18.4. The molecule has 1 heterocycles. The molecular weight excluding hydrogens is 200 g/mol. The fourth-order valence-corrected chi connectivity index (χ4v) is 2.07. The van der Waals surface area contributed by atoms with Crippen LogP contribution < -0.4 is 0 Å². The third-order valence-corrected chi connectivity index (χ3v) is 3.53. The molecule has 0 N–H and O–H groups in total. The predicted molar refractivity (Wildman–Crippen MR) is 64.1 cm³/mol. The molecule has 3 nitrogen and oxygen atoms in total. The van der Waals surface area contributed by atoms with Gasteiger partial charge in [0.15, 0.2) is 0 Å². The second-order valence-electron chi connectivity index (χ2n) is 5.32. The standard InChI is InChI=1S/C13H22N2O/c1-9(2)11(4)15(13-5-6-13)8-12-7-10(3)16-14-12/h7,9,11,13H,5-6,8H2,1-4H3/t11-/m1/s1. The maximum Gasteiger partial charge on any atom is 0.133 e. The van der Waals surface area contributed by atoms with E-state index in [9.17, 15) is 0 Å². The third kappa shape index (κ3) is 2.64. The summed E-state index contributed by atoms with van der Waals surface area (Å²) in [5.74, 6) is 1.59. The van der Waals surface area contributed by atoms with E-state index in [0.717, 1.165) is 24.0 Å². The Bertz CT molecular complexity index is 341. The highest BCUT2D eigenvalue weighted by Crippen LogP contribution is 2.31. The maximum absolute atomic E-state index is 5.13. The van der Waals surface area contributed by atoms with Crippen LogP contribution in [0.5, 0.6) is 0 Å². The van der Waals surface area contributed by atoms with Crippen molar-refractivity contribution in [2.45, 2.75) is 59.2 Å². The molecule has 16 heavy (non-hydrogen) atoms. The molecule has 90 valence electrons. The largest absolute Gasteiger partial charge is 0.361 e. The van der Waals surface area contributed by atoms with Crippen LogP contribution in [-0.4, -0.2) is 22.1 Å². The van der Waals surface area contributed by atoms with Gasteiger partial charge in [0.1, 0.15) is 5.76 Å². The molecule has 3 heteroatoms. The first kappa shape index (κ1) is 11.6. The van der Waals surface area contributed by atoms with Gasteiger partial charge in [-0.3, -0.25) is 4.90 Å². The van der Waals surface area contributed by atoms with Crippen LogP contribution in [0.15, 0.2) is 10.6 Å². The Balaban J connectivity index is 2.02. The molecule has 1 aromatic heterocycles. The van der Waals surface area contributed by atoms with E-state index < -0.39 is 0 Å². The first-order valence-electron chi connectivity index (χ1n) is 6.26. The first-order chi connectivity index (χ1) is 7.58. The van der Waals surface area contributed by atoms with Crippen molar-refractivity contribution in [3.05, 3.63) is 17.5 Å². The van der Waals surface area contributed by atoms with Crippen LogP contribution >= 0.6 is 0 Å². The minimum absolute atomic E-state index is 0.615. The summed E-state index contributed by atoms with van der Waals surface area (Å²) in [5.41, 5.74) is 1.07. The van der Waals surface area contributed by atoms with Crippen LogP contribution in [-0.2, 0) is 6.54 Å². The van der Waals surface area contributed by atoms with Gasteiger partial charge in [-0.05, 0) is 32.6 Å². The van der Waals surface area contributed by atoms with E-state index in [1.54, 1.807) is 0 Å². The van der Waals surface area contributed by atoms with Crippen LogP contribution in [0.3, 0.4) is 0 Å². The molecule has 0 radical (unpaired) electrons. The van der Waals surface area contributed by atoms with E-state index in [1.807, 2.05) is 13.0 Å². The minimum Gasteiger partial charge on any atom is -0.361 e. The van der Waals surface area contributed by atoms with E-state index in [1.165, 1.54) is 12.8 Å². The fraction of sp³-hybridized carbons (Fsp3) is 0.769. The number of nitrogens with zero attached hydrogens (tertiary/aromatic N) is 2. The summed E-state index contributed by atoms with van der Waals surface area (Å²) in [5, 5.41) is 4.09. The van der Waals surface area contributed by atoms with Crippen LogP contribution in [0.1, 0.15) is 45.1 Å². The molecule has 0 bridgehead atoms. The molecule has 0 spiro atoms. The molecule has 1 aromatic rings. The van der Waals surface area contributed by atoms with Crippen molar-refractivity contribution in [3.8, 4) is 0 Å². The lowest BCUT2D eigenvalue weighted by molar-refractivity contribution is 0.146. The monoisotopic (exact) mass is 222 g/mol. The van der Waals surface area contributed by atoms with E-state index in [4.69, 9.17) is 4.52 Å². The van der Waals surface area contributed by atoms with Gasteiger partial charge in [0.05, 0.1) is 5.69 Å². The second-order valence-corrected chi connectivity index (χ2v) is 5.32. The number of rotatable bonds is 5. The Morgan fingerprint density at radius 1 is 1.44 bits per heavy atom. The van der Waals surface area contributed by atoms with Gasteiger partial charge in [-0.15, -0.1) is 0 Å². The summed E-state index contributed by atoms with van der Waals surface area (Å²) < 4.78 is 5.13. The molecule has 1 fully saturated rings. The number of aryl methyl sites for hydroxylation is 1. The topological polar surface area (TPSA) is 29.3 Å². The zero-order valence-electron chi connectivity index (χ0n) is 10.7. The Morgan fingerprint density at radius 2 is 2.12 bits per heavy atom. The lowest BCUT2D eigenvalue weighted by Gasteiger charge is -2.31. The highest BCUT2D eigenvalue weighted by atomic mass is 16.5. The average molecular weight is 222 g/mol. The van der Waals surface area contributed by atoms with Crippen molar-refractivity contribution < 1.29 is 4.52 Å². The average Bonchev–Trinajstić information content (AvgIpc) is 2.98. The molecule has 1 aliphatic carbocycles. The van der Waals surface area contributed by atoms with E-state index in [0.29, 0.717) is 12.0 Å². The van der Waals surface area contributed by atoms with Crippen molar-refractivity contribution >= 4 is 0 Å². The third-order valence-electron chi connectivity index (χ3n) is 3.53. The van der Waals surface area contributed by atoms with Gasteiger partial charge < -0.3 is 4.52 Å². The van der Waals surface area contributed by atoms with E-state index >= 15 is 0 Å². The second kappa shape index (κ2) is 4.58. The van der Waals surface area contributed by atoms with Crippen molar-refractivity contribution in [2.75, 3.05) is 0 Å². The highest BCUT2D eigenvalue weighted by molar-refractivity contribution is 5.05. The zero-order valence-corrected chi connectivity index (χ0v) is 10.7. The summed E-state index contributed by atoms with van der Waals surface area (Å²) in [6.07, 6.45) is 2.68. The Labute approximate surface area is 97.8 Å². The number of aromatic nitrogens is 1. The molecule has 0 aliphatic heterocycles. The van der Waals surface area contributed by atoms with Gasteiger partial charge >= 0.3 is 0 Å². The van der Waals surface area contributed by atoms with Crippen molar-refractivity contribution in [1.29, 1.82) is 0 Å². The molecule has 2 rings (SSSR count). The van der Waals surface area contributed by atoms with Gasteiger partial charge in [-0.2, -0.15) is 0 Å². The molecule has 0 amide bonds. The summed E-state index contributed by atoms with van der Waals surface area (Å²) in [4.78, 5) is 2.57. The van der Waals surface area contributed by atoms with E-state index in [2.05, 4.69) is 30.8 Å². The molecule has 1 atom stereocenters. The van der Waals surface area contributed by atoms with Crippen molar-refractivity contribution in [2.24, 2.45) is 5.92 Å². The number of hydrogen-bond acceptors (Lipinski definition) is 3. The smallest absolute Gasteiger partial charge is 0.133 e. The summed E-state index contributed by atoms with van der Waals surface area (Å²) in [6.45, 7) is 9.77. The molecule has 0 aromatic carbocycles. The SMILES string of the molecule is Cc1cc(CN(C2CC2)[C@H](C)C(C)C)no1. The quantitative estimate of drug-likeness (QED) is 0.767. The lowest BCUT2D eigenvalue weighted by atomic mass is 10.0. The lowest BCUT2D eigenvalue weighted by Crippen LogP contribution is -2.38. The highest BCUT2D eigenvalue weighted by Gasteiger charge is 2.33. The zero-order chi connectivity index (χ0) is 11.7. The van der Waals surface area contributed by atoms with Gasteiger partial charge in [0, 0.05) is 24.7 Å². The Morgan fingerprint density at radius 3 is 2.56 bits per heavy atom. The minimum atomic E-state index is 0.615. The van der Waals surface area contributed by atoms with Crippen LogP contribution in [0.2, 0.25) is 0 Å². The van der Waals surface area contributed by atoms with Crippen molar-refractivity contribution in [1.82, 2.24) is 10.1 Å². The van der Waals surface area contributed by atoms with Crippen LogP contribution in [0.4, 0.5) is 0 Å². The molecular formula is C13H22N2O.